The third-order valence-electron chi connectivity index (χ3n) is 3.32. The molecule has 1 heteroatoms. The first kappa shape index (κ1) is 10.7. The van der Waals surface area contributed by atoms with Gasteiger partial charge in [-0.2, -0.15) is 0 Å². The molecule has 2 N–H and O–H groups in total. The Kier molecular flexibility index (Phi) is 3.11. The van der Waals surface area contributed by atoms with Crippen molar-refractivity contribution in [2.75, 3.05) is 0 Å². The van der Waals surface area contributed by atoms with E-state index in [0.717, 1.165) is 5.92 Å². The van der Waals surface area contributed by atoms with Crippen molar-refractivity contribution in [3.05, 3.63) is 35.4 Å². The van der Waals surface area contributed by atoms with Crippen LogP contribution >= 0.6 is 0 Å². The van der Waals surface area contributed by atoms with Crippen LogP contribution in [0.15, 0.2) is 24.3 Å². The van der Waals surface area contributed by atoms with Crippen LogP contribution in [0.3, 0.4) is 0 Å². The largest absolute Gasteiger partial charge is 0.324 e. The van der Waals surface area contributed by atoms with E-state index in [0.29, 0.717) is 5.92 Å². The fourth-order valence-electron chi connectivity index (χ4n) is 1.98. The second kappa shape index (κ2) is 4.36. The average Bonchev–Trinajstić information content (AvgIpc) is 3.02. The Morgan fingerprint density at radius 1 is 1.13 bits per heavy atom. The molecule has 0 aromatic heterocycles. The van der Waals surface area contributed by atoms with E-state index in [-0.39, 0.29) is 6.04 Å². The first-order valence-electron chi connectivity index (χ1n) is 6.02. The molecule has 0 spiro atoms. The van der Waals surface area contributed by atoms with Crippen LogP contribution in [0.25, 0.3) is 0 Å². The summed E-state index contributed by atoms with van der Waals surface area (Å²) in [6.45, 7) is 4.44. The molecule has 1 aromatic carbocycles. The Labute approximate surface area is 92.7 Å². The van der Waals surface area contributed by atoms with Crippen molar-refractivity contribution in [2.24, 2.45) is 11.7 Å². The molecule has 1 aliphatic rings. The molecular weight excluding hydrogens is 182 g/mol. The molecule has 0 heterocycles. The van der Waals surface area contributed by atoms with Gasteiger partial charge in [0, 0.05) is 6.04 Å². The van der Waals surface area contributed by atoms with Crippen molar-refractivity contribution < 1.29 is 0 Å². The Balaban J connectivity index is 2.01. The molecule has 0 aliphatic heterocycles. The van der Waals surface area contributed by atoms with E-state index in [9.17, 15) is 0 Å². The highest BCUT2D eigenvalue weighted by molar-refractivity contribution is 5.26. The summed E-state index contributed by atoms with van der Waals surface area (Å²) >= 11 is 0. The molecular formula is C14H21N. The maximum atomic E-state index is 6.16. The molecule has 0 unspecified atom stereocenters. The lowest BCUT2D eigenvalue weighted by atomic mass is 9.97. The summed E-state index contributed by atoms with van der Waals surface area (Å²) < 4.78 is 0. The minimum atomic E-state index is 0.249. The Bertz CT molecular complexity index is 309. The number of benzene rings is 1. The van der Waals surface area contributed by atoms with Crippen molar-refractivity contribution in [1.82, 2.24) is 0 Å². The van der Waals surface area contributed by atoms with Crippen molar-refractivity contribution in [3.8, 4) is 0 Å². The lowest BCUT2D eigenvalue weighted by molar-refractivity contribution is 0.596. The van der Waals surface area contributed by atoms with Gasteiger partial charge in [0.2, 0.25) is 0 Å². The highest BCUT2D eigenvalue weighted by atomic mass is 14.6. The Hall–Kier alpha value is -0.820. The van der Waals surface area contributed by atoms with Gasteiger partial charge < -0.3 is 5.73 Å². The monoisotopic (exact) mass is 203 g/mol. The van der Waals surface area contributed by atoms with Gasteiger partial charge in [0.05, 0.1) is 0 Å². The standard InChI is InChI=1S/C14H21N/c1-10(2)12-5-7-13(8-6-12)14(15)9-11-3-4-11/h5-8,10-11,14H,3-4,9,15H2,1-2H3/t14-/m1/s1. The summed E-state index contributed by atoms with van der Waals surface area (Å²) in [4.78, 5) is 0. The summed E-state index contributed by atoms with van der Waals surface area (Å²) in [5, 5.41) is 0. The highest BCUT2D eigenvalue weighted by Gasteiger charge is 2.24. The molecule has 82 valence electrons. The quantitative estimate of drug-likeness (QED) is 0.794. The number of nitrogens with two attached hydrogens (primary N) is 1. The molecule has 1 aliphatic carbocycles. The predicted octanol–water partition coefficient (Wildman–Crippen LogP) is 3.61. The lowest BCUT2D eigenvalue weighted by Gasteiger charge is -2.13. The molecule has 0 amide bonds. The summed E-state index contributed by atoms with van der Waals surface area (Å²) in [5.74, 6) is 1.52. The zero-order valence-electron chi connectivity index (χ0n) is 9.74. The molecule has 1 nitrogen and oxygen atoms in total. The van der Waals surface area contributed by atoms with Gasteiger partial charge >= 0.3 is 0 Å². The Morgan fingerprint density at radius 3 is 2.13 bits per heavy atom. The van der Waals surface area contributed by atoms with E-state index in [1.165, 1.54) is 30.4 Å². The van der Waals surface area contributed by atoms with Gasteiger partial charge in [0.15, 0.2) is 0 Å². The van der Waals surface area contributed by atoms with Crippen LogP contribution in [0.1, 0.15) is 56.2 Å². The van der Waals surface area contributed by atoms with Gasteiger partial charge in [-0.15, -0.1) is 0 Å². The van der Waals surface area contributed by atoms with Crippen LogP contribution in [0, 0.1) is 5.92 Å². The zero-order chi connectivity index (χ0) is 10.8. The van der Waals surface area contributed by atoms with Crippen LogP contribution in [-0.4, -0.2) is 0 Å². The molecule has 1 aromatic rings. The second-order valence-electron chi connectivity index (χ2n) is 5.11. The number of hydrogen-bond acceptors (Lipinski definition) is 1. The SMILES string of the molecule is CC(C)c1ccc([C@H](N)CC2CC2)cc1. The predicted molar refractivity (Wildman–Crippen MR) is 64.8 cm³/mol. The smallest absolute Gasteiger partial charge is 0.0297 e. The van der Waals surface area contributed by atoms with Crippen molar-refractivity contribution >= 4 is 0 Å². The third-order valence-corrected chi connectivity index (χ3v) is 3.32. The molecule has 0 radical (unpaired) electrons. The van der Waals surface area contributed by atoms with E-state index in [1.807, 2.05) is 0 Å². The minimum Gasteiger partial charge on any atom is -0.324 e. The van der Waals surface area contributed by atoms with Gasteiger partial charge in [-0.1, -0.05) is 51.0 Å². The first-order chi connectivity index (χ1) is 7.16. The molecule has 0 bridgehead atoms. The van der Waals surface area contributed by atoms with Gasteiger partial charge in [0.25, 0.3) is 0 Å². The zero-order valence-corrected chi connectivity index (χ0v) is 9.74. The van der Waals surface area contributed by atoms with Gasteiger partial charge in [0.1, 0.15) is 0 Å². The number of hydrogen-bond donors (Lipinski definition) is 1. The van der Waals surface area contributed by atoms with E-state index < -0.39 is 0 Å². The second-order valence-corrected chi connectivity index (χ2v) is 5.11. The molecule has 2 rings (SSSR count). The summed E-state index contributed by atoms with van der Waals surface area (Å²) in [6, 6.07) is 9.07. The van der Waals surface area contributed by atoms with E-state index in [1.54, 1.807) is 0 Å². The summed E-state index contributed by atoms with van der Waals surface area (Å²) in [7, 11) is 0. The van der Waals surface area contributed by atoms with Gasteiger partial charge in [-0.25, -0.2) is 0 Å². The summed E-state index contributed by atoms with van der Waals surface area (Å²) in [5.41, 5.74) is 8.86. The molecule has 15 heavy (non-hydrogen) atoms. The number of rotatable bonds is 4. The first-order valence-corrected chi connectivity index (χ1v) is 6.02. The third kappa shape index (κ3) is 2.82. The maximum absolute atomic E-state index is 6.16. The lowest BCUT2D eigenvalue weighted by Crippen LogP contribution is -2.10. The minimum absolute atomic E-state index is 0.249. The Morgan fingerprint density at radius 2 is 1.67 bits per heavy atom. The van der Waals surface area contributed by atoms with Crippen LogP contribution in [0.2, 0.25) is 0 Å². The van der Waals surface area contributed by atoms with Crippen LogP contribution in [0.5, 0.6) is 0 Å². The molecule has 1 saturated carbocycles. The van der Waals surface area contributed by atoms with Crippen LogP contribution in [-0.2, 0) is 0 Å². The summed E-state index contributed by atoms with van der Waals surface area (Å²) in [6.07, 6.45) is 3.94. The highest BCUT2D eigenvalue weighted by Crippen LogP contribution is 2.36. The normalized spacial score (nSPS) is 18.1. The molecule has 1 atom stereocenters. The van der Waals surface area contributed by atoms with Gasteiger partial charge in [-0.3, -0.25) is 0 Å². The van der Waals surface area contributed by atoms with Crippen LogP contribution in [0.4, 0.5) is 0 Å². The van der Waals surface area contributed by atoms with Crippen molar-refractivity contribution in [2.45, 2.75) is 45.1 Å². The van der Waals surface area contributed by atoms with E-state index >= 15 is 0 Å². The van der Waals surface area contributed by atoms with E-state index in [4.69, 9.17) is 5.73 Å². The molecule has 1 fully saturated rings. The van der Waals surface area contributed by atoms with Gasteiger partial charge in [-0.05, 0) is 29.4 Å². The topological polar surface area (TPSA) is 26.0 Å². The maximum Gasteiger partial charge on any atom is 0.0297 e. The molecule has 0 saturated heterocycles. The van der Waals surface area contributed by atoms with E-state index in [2.05, 4.69) is 38.1 Å². The van der Waals surface area contributed by atoms with Crippen molar-refractivity contribution in [1.29, 1.82) is 0 Å². The fourth-order valence-corrected chi connectivity index (χ4v) is 1.98. The van der Waals surface area contributed by atoms with Crippen molar-refractivity contribution in [3.63, 3.8) is 0 Å². The van der Waals surface area contributed by atoms with Crippen LogP contribution < -0.4 is 5.73 Å². The fraction of sp³-hybridized carbons (Fsp3) is 0.571. The average molecular weight is 203 g/mol.